The van der Waals surface area contributed by atoms with Crippen LogP contribution in [-0.2, 0) is 19.1 Å². The first kappa shape index (κ1) is 27.3. The van der Waals surface area contributed by atoms with Crippen LogP contribution in [0.4, 0.5) is 5.69 Å². The van der Waals surface area contributed by atoms with Crippen molar-refractivity contribution in [3.05, 3.63) is 66.2 Å². The lowest BCUT2D eigenvalue weighted by molar-refractivity contribution is -0.140. The van der Waals surface area contributed by atoms with Crippen molar-refractivity contribution in [3.63, 3.8) is 0 Å². The third-order valence-electron chi connectivity index (χ3n) is 7.09. The molecule has 0 bridgehead atoms. The fraction of sp³-hybridized carbons (Fsp3) is 0.379. The Kier molecular flexibility index (Phi) is 8.88. The minimum atomic E-state index is -0.442. The summed E-state index contributed by atoms with van der Waals surface area (Å²) in [6, 6.07) is 16.5. The van der Waals surface area contributed by atoms with E-state index in [1.807, 2.05) is 30.3 Å². The molecule has 204 valence electrons. The molecule has 39 heavy (non-hydrogen) atoms. The zero-order valence-corrected chi connectivity index (χ0v) is 22.5. The Labute approximate surface area is 232 Å². The summed E-state index contributed by atoms with van der Waals surface area (Å²) in [5, 5.41) is 9.05. The minimum Gasteiger partial charge on any atom is -0.394 e. The van der Waals surface area contributed by atoms with Crippen molar-refractivity contribution in [1.29, 1.82) is 0 Å². The standard InChI is InChI=1S/C29H32N4O5S/c34-16-18-38-17-15-31-13-14-32(19-21(31)9-10-22(35)20-33-27(36)11-12-28(33)37)29-23-5-1-3-7-25(23)39-26-8-4-2-6-24(26)30-29/h1-8,11-12,21,34H,9-10,13-20H2. The average molecular weight is 549 g/mol. The van der Waals surface area contributed by atoms with Gasteiger partial charge in [-0.2, -0.15) is 0 Å². The summed E-state index contributed by atoms with van der Waals surface area (Å²) in [6.45, 7) is 3.46. The third-order valence-corrected chi connectivity index (χ3v) is 8.23. The van der Waals surface area contributed by atoms with Crippen LogP contribution in [0.1, 0.15) is 18.4 Å². The molecule has 0 aromatic heterocycles. The van der Waals surface area contributed by atoms with Crippen LogP contribution in [0.5, 0.6) is 0 Å². The molecule has 2 amide bonds. The van der Waals surface area contributed by atoms with Gasteiger partial charge in [0.1, 0.15) is 5.84 Å². The lowest BCUT2D eigenvalue weighted by Crippen LogP contribution is -2.55. The summed E-state index contributed by atoms with van der Waals surface area (Å²) in [4.78, 5) is 49.6. The summed E-state index contributed by atoms with van der Waals surface area (Å²) in [7, 11) is 0. The monoisotopic (exact) mass is 548 g/mol. The molecule has 0 aliphatic carbocycles. The Hall–Kier alpha value is -3.31. The maximum atomic E-state index is 12.8. The number of piperazine rings is 1. The van der Waals surface area contributed by atoms with Gasteiger partial charge in [0.05, 0.1) is 32.1 Å². The SMILES string of the molecule is O=C(CCC1CN(C2=Nc3ccccc3Sc3ccccc32)CCN1CCOCCO)CN1C(=O)C=CC1=O. The summed E-state index contributed by atoms with van der Waals surface area (Å²) < 4.78 is 5.53. The molecule has 0 radical (unpaired) electrons. The van der Waals surface area contributed by atoms with E-state index in [4.69, 9.17) is 14.8 Å². The van der Waals surface area contributed by atoms with E-state index in [1.165, 1.54) is 12.2 Å². The molecule has 3 aliphatic heterocycles. The van der Waals surface area contributed by atoms with Gasteiger partial charge in [-0.3, -0.25) is 24.2 Å². The zero-order valence-electron chi connectivity index (χ0n) is 21.7. The van der Waals surface area contributed by atoms with Crippen molar-refractivity contribution in [1.82, 2.24) is 14.7 Å². The first-order valence-corrected chi connectivity index (χ1v) is 14.0. The van der Waals surface area contributed by atoms with Crippen LogP contribution >= 0.6 is 11.8 Å². The molecule has 0 saturated carbocycles. The number of carbonyl (C=O) groups excluding carboxylic acids is 3. The Balaban J connectivity index is 1.33. The summed E-state index contributed by atoms with van der Waals surface area (Å²) >= 11 is 1.72. The largest absolute Gasteiger partial charge is 0.394 e. The highest BCUT2D eigenvalue weighted by Gasteiger charge is 2.32. The van der Waals surface area contributed by atoms with E-state index in [9.17, 15) is 14.4 Å². The van der Waals surface area contributed by atoms with Gasteiger partial charge in [0, 0.05) is 66.1 Å². The molecule has 2 aromatic carbocycles. The Bertz CT molecular complexity index is 1280. The molecule has 9 nitrogen and oxygen atoms in total. The van der Waals surface area contributed by atoms with Crippen LogP contribution in [0, 0.1) is 0 Å². The first-order valence-electron chi connectivity index (χ1n) is 13.2. The first-order chi connectivity index (χ1) is 19.0. The number of hydrogen-bond donors (Lipinski definition) is 1. The van der Waals surface area contributed by atoms with Crippen molar-refractivity contribution in [2.45, 2.75) is 28.7 Å². The number of imide groups is 1. The van der Waals surface area contributed by atoms with E-state index in [-0.39, 0.29) is 31.4 Å². The van der Waals surface area contributed by atoms with Crippen molar-refractivity contribution >= 4 is 40.9 Å². The van der Waals surface area contributed by atoms with E-state index in [2.05, 4.69) is 28.0 Å². The molecule has 1 N–H and O–H groups in total. The van der Waals surface area contributed by atoms with Crippen molar-refractivity contribution in [2.75, 3.05) is 52.5 Å². The number of nitrogens with zero attached hydrogens (tertiary/aromatic N) is 4. The van der Waals surface area contributed by atoms with E-state index >= 15 is 0 Å². The number of amides is 2. The summed E-state index contributed by atoms with van der Waals surface area (Å²) in [6.07, 6.45) is 3.24. The lowest BCUT2D eigenvalue weighted by atomic mass is 10.0. The summed E-state index contributed by atoms with van der Waals surface area (Å²) in [5.41, 5.74) is 2.03. The molecular weight excluding hydrogens is 516 g/mol. The molecular formula is C29H32N4O5S. The number of aliphatic hydroxyl groups is 1. The van der Waals surface area contributed by atoms with Gasteiger partial charge in [-0.25, -0.2) is 4.99 Å². The predicted octanol–water partition coefficient (Wildman–Crippen LogP) is 2.50. The van der Waals surface area contributed by atoms with Gasteiger partial charge in [0.25, 0.3) is 11.8 Å². The molecule has 2 aromatic rings. The molecule has 1 saturated heterocycles. The number of amidine groups is 1. The van der Waals surface area contributed by atoms with Crippen molar-refractivity contribution < 1.29 is 24.2 Å². The second-order valence-electron chi connectivity index (χ2n) is 9.65. The second kappa shape index (κ2) is 12.7. The van der Waals surface area contributed by atoms with Gasteiger partial charge < -0.3 is 14.7 Å². The molecule has 1 atom stereocenters. The zero-order chi connectivity index (χ0) is 27.2. The highest BCUT2D eigenvalue weighted by atomic mass is 32.2. The predicted molar refractivity (Wildman–Crippen MR) is 148 cm³/mol. The normalized spacial score (nSPS) is 19.1. The van der Waals surface area contributed by atoms with E-state index in [0.29, 0.717) is 32.7 Å². The van der Waals surface area contributed by atoms with Gasteiger partial charge in [-0.05, 0) is 24.6 Å². The number of hydrogen-bond acceptors (Lipinski definition) is 9. The molecule has 1 fully saturated rings. The van der Waals surface area contributed by atoms with E-state index in [0.717, 1.165) is 44.9 Å². The fourth-order valence-electron chi connectivity index (χ4n) is 5.08. The lowest BCUT2D eigenvalue weighted by Gasteiger charge is -2.43. The minimum absolute atomic E-state index is 0.0206. The van der Waals surface area contributed by atoms with Gasteiger partial charge >= 0.3 is 0 Å². The molecule has 10 heteroatoms. The molecule has 1 unspecified atom stereocenters. The number of aliphatic hydroxyl groups excluding tert-OH is 1. The van der Waals surface area contributed by atoms with E-state index in [1.54, 1.807) is 11.8 Å². The Morgan fingerprint density at radius 1 is 1.00 bits per heavy atom. The molecule has 0 spiro atoms. The average Bonchev–Trinajstić information content (AvgIpc) is 3.16. The van der Waals surface area contributed by atoms with Gasteiger partial charge in [0.15, 0.2) is 5.78 Å². The maximum Gasteiger partial charge on any atom is 0.254 e. The van der Waals surface area contributed by atoms with Gasteiger partial charge in [0.2, 0.25) is 0 Å². The number of para-hydroxylation sites is 1. The van der Waals surface area contributed by atoms with Crippen LogP contribution < -0.4 is 0 Å². The van der Waals surface area contributed by atoms with Crippen LogP contribution in [0.15, 0.2) is 75.5 Å². The van der Waals surface area contributed by atoms with Gasteiger partial charge in [-0.15, -0.1) is 0 Å². The molecule has 3 heterocycles. The number of Topliss-reactive ketones (excluding diaryl/α,β-unsaturated/α-hetero) is 1. The van der Waals surface area contributed by atoms with Gasteiger partial charge in [-0.1, -0.05) is 42.1 Å². The number of carbonyl (C=O) groups is 3. The Morgan fingerprint density at radius 2 is 1.74 bits per heavy atom. The summed E-state index contributed by atoms with van der Waals surface area (Å²) in [5.74, 6) is -0.0996. The molecule has 5 rings (SSSR count). The highest BCUT2D eigenvalue weighted by molar-refractivity contribution is 7.99. The van der Waals surface area contributed by atoms with Crippen LogP contribution in [0.25, 0.3) is 0 Å². The highest BCUT2D eigenvalue weighted by Crippen LogP contribution is 2.40. The second-order valence-corrected chi connectivity index (χ2v) is 10.7. The topological polar surface area (TPSA) is 103 Å². The maximum absolute atomic E-state index is 12.8. The molecule has 3 aliphatic rings. The van der Waals surface area contributed by atoms with Crippen LogP contribution in [-0.4, -0.2) is 102 Å². The number of benzene rings is 2. The van der Waals surface area contributed by atoms with Crippen LogP contribution in [0.2, 0.25) is 0 Å². The van der Waals surface area contributed by atoms with Crippen molar-refractivity contribution in [3.8, 4) is 0 Å². The smallest absolute Gasteiger partial charge is 0.254 e. The number of rotatable bonds is 10. The number of aliphatic imine (C=N–C) groups is 1. The van der Waals surface area contributed by atoms with E-state index < -0.39 is 11.8 Å². The van der Waals surface area contributed by atoms with Crippen molar-refractivity contribution in [2.24, 2.45) is 4.99 Å². The number of ketones is 1. The third kappa shape index (κ3) is 6.47. The fourth-order valence-corrected chi connectivity index (χ4v) is 6.10. The number of ether oxygens (including phenoxy) is 1. The van der Waals surface area contributed by atoms with Crippen LogP contribution in [0.3, 0.4) is 0 Å². The Morgan fingerprint density at radius 3 is 2.54 bits per heavy atom. The quantitative estimate of drug-likeness (QED) is 0.357. The number of fused-ring (bicyclic) bond motifs is 2.